The summed E-state index contributed by atoms with van der Waals surface area (Å²) in [7, 11) is 0. The summed E-state index contributed by atoms with van der Waals surface area (Å²) in [5.74, 6) is 0. The van der Waals surface area contributed by atoms with E-state index in [1.807, 2.05) is 0 Å². The van der Waals surface area contributed by atoms with E-state index >= 15 is 0 Å². The van der Waals surface area contributed by atoms with Crippen molar-refractivity contribution < 1.29 is 23.0 Å². The Kier molecular flexibility index (Phi) is 2.36. The van der Waals surface area contributed by atoms with E-state index in [2.05, 4.69) is 10.1 Å². The first-order valence-corrected chi connectivity index (χ1v) is 3.10. The Hall–Kier alpha value is -0.330. The third-order valence-electron chi connectivity index (χ3n) is 1.36. The monoisotopic (exact) mass is 171 g/mol. The van der Waals surface area contributed by atoms with Crippen LogP contribution in [0, 0.1) is 0 Å². The lowest BCUT2D eigenvalue weighted by Crippen LogP contribution is -2.38. The van der Waals surface area contributed by atoms with E-state index in [9.17, 15) is 13.2 Å². The second-order valence-corrected chi connectivity index (χ2v) is 2.27. The first-order chi connectivity index (χ1) is 5.04. The van der Waals surface area contributed by atoms with Gasteiger partial charge in [-0.15, -0.1) is 0 Å². The fourth-order valence-corrected chi connectivity index (χ4v) is 0.828. The highest BCUT2D eigenvalue weighted by molar-refractivity contribution is 4.77. The number of hydrogen-bond donors (Lipinski definition) is 2. The zero-order valence-corrected chi connectivity index (χ0v) is 5.56. The van der Waals surface area contributed by atoms with Gasteiger partial charge in [0.1, 0.15) is 0 Å². The Morgan fingerprint density at radius 3 is 2.45 bits per heavy atom. The van der Waals surface area contributed by atoms with Gasteiger partial charge >= 0.3 is 6.18 Å². The molecule has 0 aliphatic carbocycles. The number of nitrogens with one attached hydrogen (secondary N) is 1. The Balaban J connectivity index is 2.42. The summed E-state index contributed by atoms with van der Waals surface area (Å²) in [5, 5.41) is 10.5. The first-order valence-electron chi connectivity index (χ1n) is 3.10. The van der Waals surface area contributed by atoms with Gasteiger partial charge in [0.25, 0.3) is 0 Å². The fourth-order valence-electron chi connectivity index (χ4n) is 0.828. The quantitative estimate of drug-likeness (QED) is 0.576. The normalized spacial score (nSPS) is 32.7. The highest BCUT2D eigenvalue weighted by atomic mass is 19.4. The second-order valence-electron chi connectivity index (χ2n) is 2.27. The number of rotatable bonds is 1. The molecule has 3 nitrogen and oxygen atoms in total. The van der Waals surface area contributed by atoms with Crippen LogP contribution in [-0.2, 0) is 4.74 Å². The van der Waals surface area contributed by atoms with Gasteiger partial charge in [-0.1, -0.05) is 0 Å². The first kappa shape index (κ1) is 8.76. The van der Waals surface area contributed by atoms with Gasteiger partial charge in [0, 0.05) is 6.54 Å². The van der Waals surface area contributed by atoms with Crippen LogP contribution in [0.4, 0.5) is 13.2 Å². The van der Waals surface area contributed by atoms with E-state index < -0.39 is 18.5 Å². The predicted molar refractivity (Wildman–Crippen MR) is 29.8 cm³/mol. The molecule has 0 aromatic rings. The Morgan fingerprint density at radius 2 is 2.18 bits per heavy atom. The summed E-state index contributed by atoms with van der Waals surface area (Å²) in [4.78, 5) is 0. The minimum absolute atomic E-state index is 0.0423. The number of halogens is 3. The average molecular weight is 171 g/mol. The van der Waals surface area contributed by atoms with Gasteiger partial charge < -0.3 is 9.84 Å². The maximum atomic E-state index is 11.8. The van der Waals surface area contributed by atoms with Crippen molar-refractivity contribution >= 4 is 0 Å². The molecule has 2 atom stereocenters. The van der Waals surface area contributed by atoms with Crippen LogP contribution >= 0.6 is 0 Å². The summed E-state index contributed by atoms with van der Waals surface area (Å²) in [6, 6.07) is 0. The Labute approximate surface area is 61.1 Å². The van der Waals surface area contributed by atoms with Gasteiger partial charge in [-0.2, -0.15) is 13.2 Å². The third kappa shape index (κ3) is 2.05. The molecule has 1 rings (SSSR count). The maximum absolute atomic E-state index is 11.8. The molecule has 1 heterocycles. The number of aliphatic hydroxyl groups is 1. The number of aliphatic hydroxyl groups excluding tert-OH is 1. The molecule has 0 saturated carbocycles. The van der Waals surface area contributed by atoms with Gasteiger partial charge in [0.15, 0.2) is 0 Å². The molecule has 0 spiro atoms. The van der Waals surface area contributed by atoms with E-state index in [0.717, 1.165) is 0 Å². The highest BCUT2D eigenvalue weighted by Crippen LogP contribution is 2.24. The lowest BCUT2D eigenvalue weighted by atomic mass is 10.4. The summed E-state index contributed by atoms with van der Waals surface area (Å²) in [6.07, 6.45) is -7.04. The minimum Gasteiger partial charge on any atom is -0.394 e. The Morgan fingerprint density at radius 1 is 1.55 bits per heavy atom. The lowest BCUT2D eigenvalue weighted by Gasteiger charge is -2.14. The third-order valence-corrected chi connectivity index (χ3v) is 1.36. The molecular formula is C5H8F3NO2. The van der Waals surface area contributed by atoms with Crippen LogP contribution in [0.5, 0.6) is 0 Å². The molecule has 0 unspecified atom stereocenters. The molecule has 6 heteroatoms. The molecule has 1 saturated heterocycles. The maximum Gasteiger partial charge on any atom is 0.428 e. The van der Waals surface area contributed by atoms with Gasteiger partial charge in [-0.3, -0.25) is 5.32 Å². The van der Waals surface area contributed by atoms with E-state index in [1.165, 1.54) is 0 Å². The van der Waals surface area contributed by atoms with Gasteiger partial charge in [-0.25, -0.2) is 0 Å². The number of hydrogen-bond acceptors (Lipinski definition) is 3. The SMILES string of the molecule is OC[C@H]1CN[C@H](C(F)(F)F)O1. The second kappa shape index (κ2) is 2.96. The standard InChI is InChI=1S/C5H8F3NO2/c6-5(7,8)4-9-1-3(2-10)11-4/h3-4,9-10H,1-2H2/t3-,4+/m1/s1. The molecule has 11 heavy (non-hydrogen) atoms. The van der Waals surface area contributed by atoms with Crippen molar-refractivity contribution in [1.29, 1.82) is 0 Å². The van der Waals surface area contributed by atoms with Crippen LogP contribution in [0.25, 0.3) is 0 Å². The van der Waals surface area contributed by atoms with E-state index in [4.69, 9.17) is 5.11 Å². The van der Waals surface area contributed by atoms with Gasteiger partial charge in [-0.05, 0) is 0 Å². The summed E-state index contributed by atoms with van der Waals surface area (Å²) >= 11 is 0. The van der Waals surface area contributed by atoms with Crippen molar-refractivity contribution in [3.05, 3.63) is 0 Å². The van der Waals surface area contributed by atoms with Crippen molar-refractivity contribution in [3.63, 3.8) is 0 Å². The zero-order chi connectivity index (χ0) is 8.48. The molecule has 0 amide bonds. The summed E-state index contributed by atoms with van der Waals surface area (Å²) in [6.45, 7) is -0.347. The van der Waals surface area contributed by atoms with Crippen LogP contribution in [-0.4, -0.2) is 36.8 Å². The largest absolute Gasteiger partial charge is 0.428 e. The van der Waals surface area contributed by atoms with Crippen LogP contribution in [0.3, 0.4) is 0 Å². The van der Waals surface area contributed by atoms with Crippen LogP contribution in [0.1, 0.15) is 0 Å². The summed E-state index contributed by atoms with van der Waals surface area (Å²) < 4.78 is 39.8. The van der Waals surface area contributed by atoms with Crippen LogP contribution in [0.15, 0.2) is 0 Å². The van der Waals surface area contributed by atoms with Crippen molar-refractivity contribution in [3.8, 4) is 0 Å². The van der Waals surface area contributed by atoms with Crippen molar-refractivity contribution in [2.75, 3.05) is 13.2 Å². The van der Waals surface area contributed by atoms with E-state index in [-0.39, 0.29) is 13.2 Å². The van der Waals surface area contributed by atoms with Crippen molar-refractivity contribution in [2.24, 2.45) is 0 Å². The molecule has 0 aromatic heterocycles. The minimum atomic E-state index is -4.38. The van der Waals surface area contributed by atoms with Crippen LogP contribution < -0.4 is 5.32 Å². The Bertz CT molecular complexity index is 138. The molecule has 1 fully saturated rings. The van der Waals surface area contributed by atoms with Gasteiger partial charge in [0.05, 0.1) is 12.7 Å². The average Bonchev–Trinajstić information content (AvgIpc) is 2.32. The number of ether oxygens (including phenoxy) is 1. The van der Waals surface area contributed by atoms with Crippen molar-refractivity contribution in [1.82, 2.24) is 5.32 Å². The molecule has 1 aliphatic rings. The zero-order valence-electron chi connectivity index (χ0n) is 5.56. The van der Waals surface area contributed by atoms with Crippen molar-refractivity contribution in [2.45, 2.75) is 18.5 Å². The highest BCUT2D eigenvalue weighted by Gasteiger charge is 2.45. The fraction of sp³-hybridized carbons (Fsp3) is 1.00. The lowest BCUT2D eigenvalue weighted by molar-refractivity contribution is -0.222. The predicted octanol–water partition coefficient (Wildman–Crippen LogP) is -0.145. The molecule has 1 aliphatic heterocycles. The molecule has 0 radical (unpaired) electrons. The molecule has 0 bridgehead atoms. The van der Waals surface area contributed by atoms with Gasteiger partial charge in [0.2, 0.25) is 6.23 Å². The molecular weight excluding hydrogens is 163 g/mol. The molecule has 66 valence electrons. The van der Waals surface area contributed by atoms with Crippen LogP contribution in [0.2, 0.25) is 0 Å². The smallest absolute Gasteiger partial charge is 0.394 e. The summed E-state index contributed by atoms with van der Waals surface area (Å²) in [5.41, 5.74) is 0. The van der Waals surface area contributed by atoms with E-state index in [1.54, 1.807) is 0 Å². The molecule has 2 N–H and O–H groups in total. The van der Waals surface area contributed by atoms with E-state index in [0.29, 0.717) is 0 Å². The molecule has 0 aromatic carbocycles. The topological polar surface area (TPSA) is 41.5 Å². The number of alkyl halides is 3.